The Morgan fingerprint density at radius 3 is 2.59 bits per heavy atom. The van der Waals surface area contributed by atoms with Crippen molar-refractivity contribution in [3.63, 3.8) is 0 Å². The van der Waals surface area contributed by atoms with Crippen molar-refractivity contribution in [3.8, 4) is 23.6 Å². The van der Waals surface area contributed by atoms with Crippen LogP contribution in [0.4, 0.5) is 17.6 Å². The monoisotopic (exact) mass is 591 g/mol. The average molecular weight is 592 g/mol. The molecule has 2 aromatic heterocycles. The summed E-state index contributed by atoms with van der Waals surface area (Å²) in [6, 6.07) is 16.1. The Hall–Kier alpha value is -5.46. The lowest BCUT2D eigenvalue weighted by Crippen LogP contribution is -2.40. The predicted molar refractivity (Wildman–Crippen MR) is 168 cm³/mol. The summed E-state index contributed by atoms with van der Waals surface area (Å²) in [6.07, 6.45) is 2.04. The van der Waals surface area contributed by atoms with Gasteiger partial charge in [-0.15, -0.1) is 0 Å². The molecule has 224 valence electrons. The molecule has 12 heteroatoms. The van der Waals surface area contributed by atoms with Gasteiger partial charge in [-0.1, -0.05) is 43.0 Å². The first-order valence-electron chi connectivity index (χ1n) is 14.5. The molecule has 12 nitrogen and oxygen atoms in total. The lowest BCUT2D eigenvalue weighted by molar-refractivity contribution is -0.135. The number of nitrogens with two attached hydrogens (primary N) is 2. The minimum Gasteiger partial charge on any atom is -0.382 e. The number of nitrogens with one attached hydrogen (secondary N) is 1. The normalized spacial score (nSPS) is 13.5. The van der Waals surface area contributed by atoms with Crippen LogP contribution < -0.4 is 22.3 Å². The Labute approximate surface area is 254 Å². The van der Waals surface area contributed by atoms with Gasteiger partial charge in [-0.05, 0) is 37.1 Å². The standard InChI is InChI=1S/C32H33N9O3/c1-2-24(36-29-23(20-33)28(34)38-32(35)39-29)30-37-25-14-9-11-21(27(25)31(43)41(30)22-12-6-4-7-13-22)10-5-3-8-15-26(42)40-16-18-44-19-17-40/h4,6-7,9,11-14,24H,2-3,8,15-19H2,1H3,(H5,34,35,36,38,39)/t24-/m0/s1. The molecule has 0 spiro atoms. The molecular weight excluding hydrogens is 558 g/mol. The summed E-state index contributed by atoms with van der Waals surface area (Å²) < 4.78 is 6.87. The number of ether oxygens (including phenoxy) is 1. The number of carbonyl (C=O) groups excluding carboxylic acids is 1. The number of fused-ring (bicyclic) bond motifs is 1. The number of unbranched alkanes of at least 4 members (excludes halogenated alkanes) is 1. The summed E-state index contributed by atoms with van der Waals surface area (Å²) >= 11 is 0. The minimum atomic E-state index is -0.549. The summed E-state index contributed by atoms with van der Waals surface area (Å²) in [7, 11) is 0. The van der Waals surface area contributed by atoms with E-state index in [1.54, 1.807) is 16.7 Å². The van der Waals surface area contributed by atoms with Gasteiger partial charge in [0.05, 0.1) is 35.8 Å². The van der Waals surface area contributed by atoms with Gasteiger partial charge < -0.3 is 26.4 Å². The Morgan fingerprint density at radius 1 is 1.09 bits per heavy atom. The summed E-state index contributed by atoms with van der Waals surface area (Å²) in [4.78, 5) is 41.6. The number of nitrogen functional groups attached to an aromatic ring is 2. The molecule has 1 aliphatic rings. The zero-order valence-corrected chi connectivity index (χ0v) is 24.4. The highest BCUT2D eigenvalue weighted by molar-refractivity contribution is 5.85. The van der Waals surface area contributed by atoms with Gasteiger partial charge in [0, 0.05) is 31.5 Å². The summed E-state index contributed by atoms with van der Waals surface area (Å²) in [6.45, 7) is 4.32. The average Bonchev–Trinajstić information content (AvgIpc) is 3.03. The van der Waals surface area contributed by atoms with Crippen molar-refractivity contribution >= 4 is 34.4 Å². The number of morpholine rings is 1. The molecule has 1 aliphatic heterocycles. The molecule has 44 heavy (non-hydrogen) atoms. The smallest absolute Gasteiger partial charge is 0.267 e. The summed E-state index contributed by atoms with van der Waals surface area (Å²) in [5, 5.41) is 13.3. The largest absolute Gasteiger partial charge is 0.382 e. The van der Waals surface area contributed by atoms with Gasteiger partial charge >= 0.3 is 0 Å². The number of aromatic nitrogens is 4. The van der Waals surface area contributed by atoms with E-state index in [1.165, 1.54) is 0 Å². The van der Waals surface area contributed by atoms with Crippen molar-refractivity contribution in [1.29, 1.82) is 5.26 Å². The van der Waals surface area contributed by atoms with Crippen LogP contribution in [0.5, 0.6) is 0 Å². The molecule has 1 saturated heterocycles. The second kappa shape index (κ2) is 13.7. The molecular formula is C32H33N9O3. The van der Waals surface area contributed by atoms with Crippen LogP contribution in [0.3, 0.4) is 0 Å². The number of nitrogens with zero attached hydrogens (tertiary/aromatic N) is 6. The van der Waals surface area contributed by atoms with Crippen LogP contribution in [0.25, 0.3) is 16.6 Å². The number of carbonyl (C=O) groups is 1. The molecule has 3 heterocycles. The number of benzene rings is 2. The Bertz CT molecular complexity index is 1830. The SMILES string of the molecule is CC[C@H](Nc1nc(N)nc(N)c1C#N)c1nc2cccc(C#CCCCC(=O)N3CCOCC3)c2c(=O)n1-c1ccccc1. The number of amides is 1. The summed E-state index contributed by atoms with van der Waals surface area (Å²) in [5.74, 6) is 6.84. The van der Waals surface area contributed by atoms with E-state index >= 15 is 0 Å². The first-order chi connectivity index (χ1) is 21.4. The van der Waals surface area contributed by atoms with Crippen LogP contribution in [0.1, 0.15) is 55.6 Å². The Morgan fingerprint density at radius 2 is 1.86 bits per heavy atom. The van der Waals surface area contributed by atoms with Gasteiger partial charge in [0.1, 0.15) is 23.3 Å². The highest BCUT2D eigenvalue weighted by Crippen LogP contribution is 2.27. The first-order valence-corrected chi connectivity index (χ1v) is 14.5. The number of anilines is 3. The molecule has 0 saturated carbocycles. The van der Waals surface area contributed by atoms with E-state index in [0.29, 0.717) is 80.0 Å². The molecule has 0 aliphatic carbocycles. The number of nitriles is 1. The van der Waals surface area contributed by atoms with Gasteiger partial charge in [-0.3, -0.25) is 14.2 Å². The van der Waals surface area contributed by atoms with Gasteiger partial charge in [0.2, 0.25) is 11.9 Å². The van der Waals surface area contributed by atoms with E-state index in [9.17, 15) is 14.9 Å². The van der Waals surface area contributed by atoms with Gasteiger partial charge in [-0.2, -0.15) is 15.2 Å². The number of rotatable bonds is 8. The zero-order valence-electron chi connectivity index (χ0n) is 24.4. The van der Waals surface area contributed by atoms with Crippen molar-refractivity contribution in [1.82, 2.24) is 24.4 Å². The minimum absolute atomic E-state index is 0.0436. The molecule has 1 fully saturated rings. The Kier molecular flexibility index (Phi) is 9.33. The molecule has 0 radical (unpaired) electrons. The van der Waals surface area contributed by atoms with Crippen LogP contribution in [-0.2, 0) is 9.53 Å². The number of hydrogen-bond donors (Lipinski definition) is 3. The molecule has 1 amide bonds. The maximum Gasteiger partial charge on any atom is 0.267 e. The highest BCUT2D eigenvalue weighted by Gasteiger charge is 2.23. The summed E-state index contributed by atoms with van der Waals surface area (Å²) in [5.41, 5.74) is 13.2. The molecule has 1 atom stereocenters. The maximum atomic E-state index is 14.3. The fraction of sp³-hybridized carbons (Fsp3) is 0.312. The lowest BCUT2D eigenvalue weighted by Gasteiger charge is -2.26. The predicted octanol–water partition coefficient (Wildman–Crippen LogP) is 3.16. The highest BCUT2D eigenvalue weighted by atomic mass is 16.5. The molecule has 4 aromatic rings. The van der Waals surface area contributed by atoms with E-state index in [4.69, 9.17) is 21.2 Å². The van der Waals surface area contributed by atoms with E-state index < -0.39 is 6.04 Å². The number of para-hydroxylation sites is 1. The van der Waals surface area contributed by atoms with Crippen LogP contribution in [0.15, 0.2) is 53.3 Å². The second-order valence-corrected chi connectivity index (χ2v) is 10.2. The van der Waals surface area contributed by atoms with Crippen LogP contribution >= 0.6 is 0 Å². The van der Waals surface area contributed by atoms with E-state index in [0.717, 1.165) is 0 Å². The van der Waals surface area contributed by atoms with Crippen LogP contribution in [0.2, 0.25) is 0 Å². The van der Waals surface area contributed by atoms with Crippen molar-refractivity contribution < 1.29 is 9.53 Å². The van der Waals surface area contributed by atoms with Crippen molar-refractivity contribution in [2.45, 2.75) is 38.6 Å². The first kappa shape index (κ1) is 30.0. The van der Waals surface area contributed by atoms with Gasteiger partial charge in [0.25, 0.3) is 5.56 Å². The molecule has 0 unspecified atom stereocenters. The molecule has 2 aromatic carbocycles. The quantitative estimate of drug-likeness (QED) is 0.204. The third-order valence-electron chi connectivity index (χ3n) is 7.31. The third kappa shape index (κ3) is 6.46. The second-order valence-electron chi connectivity index (χ2n) is 10.2. The fourth-order valence-electron chi connectivity index (χ4n) is 5.09. The molecule has 5 N–H and O–H groups in total. The maximum absolute atomic E-state index is 14.3. The topological polar surface area (TPSA) is 178 Å². The van der Waals surface area contributed by atoms with Crippen LogP contribution in [-0.4, -0.2) is 56.6 Å². The van der Waals surface area contributed by atoms with Crippen molar-refractivity contribution in [3.05, 3.63) is 75.8 Å². The van der Waals surface area contributed by atoms with Crippen LogP contribution in [0, 0.1) is 23.2 Å². The van der Waals surface area contributed by atoms with Crippen molar-refractivity contribution in [2.24, 2.45) is 0 Å². The molecule has 0 bridgehead atoms. The van der Waals surface area contributed by atoms with E-state index in [2.05, 4.69) is 27.1 Å². The Balaban J connectivity index is 1.51. The van der Waals surface area contributed by atoms with E-state index in [-0.39, 0.29) is 34.6 Å². The fourth-order valence-corrected chi connectivity index (χ4v) is 5.09. The molecule has 5 rings (SSSR count). The third-order valence-corrected chi connectivity index (χ3v) is 7.31. The lowest BCUT2D eigenvalue weighted by atomic mass is 10.1. The van der Waals surface area contributed by atoms with Gasteiger partial charge in [0.15, 0.2) is 5.82 Å². The van der Waals surface area contributed by atoms with Crippen molar-refractivity contribution in [2.75, 3.05) is 43.1 Å². The zero-order chi connectivity index (χ0) is 31.1. The number of hydrogen-bond acceptors (Lipinski definition) is 10. The van der Waals surface area contributed by atoms with Gasteiger partial charge in [-0.25, -0.2) is 4.98 Å². The van der Waals surface area contributed by atoms with E-state index in [1.807, 2.05) is 54.3 Å².